The van der Waals surface area contributed by atoms with E-state index >= 15 is 0 Å². The van der Waals surface area contributed by atoms with Gasteiger partial charge >= 0.3 is 5.97 Å². The van der Waals surface area contributed by atoms with Crippen LogP contribution in [0, 0.1) is 6.92 Å². The zero-order chi connectivity index (χ0) is 18.7. The number of carbonyl (C=O) groups excluding carboxylic acids is 2. The molecular weight excluding hydrogens is 354 g/mol. The number of anilines is 1. The van der Waals surface area contributed by atoms with Gasteiger partial charge in [0.15, 0.2) is 0 Å². The van der Waals surface area contributed by atoms with E-state index in [9.17, 15) is 14.4 Å². The van der Waals surface area contributed by atoms with E-state index in [2.05, 4.69) is 15.3 Å². The lowest BCUT2D eigenvalue weighted by atomic mass is 10.1. The molecule has 2 heterocycles. The van der Waals surface area contributed by atoms with Gasteiger partial charge in [-0.25, -0.2) is 4.98 Å². The van der Waals surface area contributed by atoms with Crippen LogP contribution < -0.4 is 10.9 Å². The molecule has 26 heavy (non-hydrogen) atoms. The summed E-state index contributed by atoms with van der Waals surface area (Å²) in [5.41, 5.74) is 1.50. The molecule has 0 spiro atoms. The SMILES string of the molecule is CCOC(=O)Cc1ccccc1NC(=O)c1sc2nc[nH]c(=O)c2c1C. The molecule has 0 radical (unpaired) electrons. The number of aryl methyl sites for hydroxylation is 1. The molecular formula is C18H17N3O4S. The lowest BCUT2D eigenvalue weighted by molar-refractivity contribution is -0.142. The molecule has 0 atom stereocenters. The van der Waals surface area contributed by atoms with Crippen molar-refractivity contribution in [1.29, 1.82) is 0 Å². The Hall–Kier alpha value is -3.00. The van der Waals surface area contributed by atoms with Crippen LogP contribution in [0.1, 0.15) is 27.7 Å². The van der Waals surface area contributed by atoms with Crippen molar-refractivity contribution in [3.05, 3.63) is 57.0 Å². The van der Waals surface area contributed by atoms with Crippen molar-refractivity contribution in [2.75, 3.05) is 11.9 Å². The van der Waals surface area contributed by atoms with E-state index in [0.29, 0.717) is 38.5 Å². The number of esters is 1. The first-order valence-corrected chi connectivity index (χ1v) is 8.84. The normalized spacial score (nSPS) is 10.7. The van der Waals surface area contributed by atoms with Crippen LogP contribution in [0.5, 0.6) is 0 Å². The van der Waals surface area contributed by atoms with Crippen molar-refractivity contribution in [3.8, 4) is 0 Å². The molecule has 3 aromatic rings. The highest BCUT2D eigenvalue weighted by Gasteiger charge is 2.19. The van der Waals surface area contributed by atoms with Crippen LogP contribution in [0.3, 0.4) is 0 Å². The summed E-state index contributed by atoms with van der Waals surface area (Å²) in [5.74, 6) is -0.704. The van der Waals surface area contributed by atoms with Crippen molar-refractivity contribution in [2.24, 2.45) is 0 Å². The van der Waals surface area contributed by atoms with Gasteiger partial charge in [0.25, 0.3) is 11.5 Å². The molecule has 7 nitrogen and oxygen atoms in total. The third kappa shape index (κ3) is 3.50. The number of thiophene rings is 1. The van der Waals surface area contributed by atoms with E-state index in [-0.39, 0.29) is 23.9 Å². The summed E-state index contributed by atoms with van der Waals surface area (Å²) in [5, 5.41) is 3.24. The van der Waals surface area contributed by atoms with Crippen LogP contribution in [-0.2, 0) is 16.0 Å². The number of aromatic nitrogens is 2. The van der Waals surface area contributed by atoms with Gasteiger partial charge in [0, 0.05) is 5.69 Å². The molecule has 2 aromatic heterocycles. The van der Waals surface area contributed by atoms with E-state index < -0.39 is 0 Å². The summed E-state index contributed by atoms with van der Waals surface area (Å²) >= 11 is 1.16. The number of ether oxygens (including phenoxy) is 1. The highest BCUT2D eigenvalue weighted by Crippen LogP contribution is 2.28. The lowest BCUT2D eigenvalue weighted by Gasteiger charge is -2.10. The maximum atomic E-state index is 12.7. The first-order valence-electron chi connectivity index (χ1n) is 8.03. The second-order valence-corrected chi connectivity index (χ2v) is 6.56. The third-order valence-electron chi connectivity index (χ3n) is 3.84. The zero-order valence-corrected chi connectivity index (χ0v) is 15.1. The zero-order valence-electron chi connectivity index (χ0n) is 14.3. The average molecular weight is 371 g/mol. The Morgan fingerprint density at radius 3 is 2.81 bits per heavy atom. The molecule has 8 heteroatoms. The smallest absolute Gasteiger partial charge is 0.310 e. The number of nitrogens with one attached hydrogen (secondary N) is 2. The van der Waals surface area contributed by atoms with Crippen molar-refractivity contribution in [3.63, 3.8) is 0 Å². The van der Waals surface area contributed by atoms with Crippen LogP contribution in [-0.4, -0.2) is 28.5 Å². The topological polar surface area (TPSA) is 101 Å². The number of benzene rings is 1. The first kappa shape index (κ1) is 17.8. The van der Waals surface area contributed by atoms with E-state index in [1.807, 2.05) is 0 Å². The molecule has 0 saturated carbocycles. The molecule has 134 valence electrons. The van der Waals surface area contributed by atoms with E-state index in [0.717, 1.165) is 11.3 Å². The molecule has 0 saturated heterocycles. The number of para-hydroxylation sites is 1. The van der Waals surface area contributed by atoms with Crippen LogP contribution in [0.25, 0.3) is 10.2 Å². The van der Waals surface area contributed by atoms with Gasteiger partial charge in [0.05, 0.1) is 29.6 Å². The Bertz CT molecular complexity index is 1040. The minimum atomic E-state index is -0.358. The van der Waals surface area contributed by atoms with Crippen LogP contribution in [0.15, 0.2) is 35.4 Å². The Balaban J connectivity index is 1.90. The Morgan fingerprint density at radius 1 is 1.31 bits per heavy atom. The van der Waals surface area contributed by atoms with Crippen molar-refractivity contribution >= 4 is 39.1 Å². The lowest BCUT2D eigenvalue weighted by Crippen LogP contribution is -2.15. The molecule has 2 N–H and O–H groups in total. The number of rotatable bonds is 5. The second-order valence-electron chi connectivity index (χ2n) is 5.56. The minimum Gasteiger partial charge on any atom is -0.466 e. The predicted molar refractivity (Wildman–Crippen MR) is 99.7 cm³/mol. The van der Waals surface area contributed by atoms with Gasteiger partial charge in [-0.2, -0.15) is 0 Å². The molecule has 0 bridgehead atoms. The van der Waals surface area contributed by atoms with Crippen LogP contribution in [0.4, 0.5) is 5.69 Å². The van der Waals surface area contributed by atoms with Crippen LogP contribution >= 0.6 is 11.3 Å². The van der Waals surface area contributed by atoms with Crippen molar-refractivity contribution < 1.29 is 14.3 Å². The largest absolute Gasteiger partial charge is 0.466 e. The fraction of sp³-hybridized carbons (Fsp3) is 0.222. The molecule has 1 amide bonds. The molecule has 0 aliphatic heterocycles. The number of hydrogen-bond donors (Lipinski definition) is 2. The van der Waals surface area contributed by atoms with Crippen molar-refractivity contribution in [2.45, 2.75) is 20.3 Å². The monoisotopic (exact) mass is 371 g/mol. The summed E-state index contributed by atoms with van der Waals surface area (Å²) < 4.78 is 4.97. The Morgan fingerprint density at radius 2 is 2.08 bits per heavy atom. The standard InChI is InChI=1S/C18H17N3O4S/c1-3-25-13(22)8-11-6-4-5-7-12(11)21-17(24)15-10(2)14-16(23)19-9-20-18(14)26-15/h4-7,9H,3,8H2,1-2H3,(H,21,24)(H,19,20,23). The second kappa shape index (κ2) is 7.49. The summed E-state index contributed by atoms with van der Waals surface area (Å²) in [6, 6.07) is 7.05. The number of hydrogen-bond acceptors (Lipinski definition) is 6. The van der Waals surface area contributed by atoms with Gasteiger partial charge in [-0.05, 0) is 31.0 Å². The van der Waals surface area contributed by atoms with E-state index in [1.54, 1.807) is 38.1 Å². The summed E-state index contributed by atoms with van der Waals surface area (Å²) in [6.45, 7) is 3.76. The number of fused-ring (bicyclic) bond motifs is 1. The van der Waals surface area contributed by atoms with Gasteiger partial charge in [-0.3, -0.25) is 14.4 Å². The molecule has 0 aliphatic carbocycles. The molecule has 1 aromatic carbocycles. The van der Waals surface area contributed by atoms with Gasteiger partial charge in [0.2, 0.25) is 0 Å². The maximum Gasteiger partial charge on any atom is 0.310 e. The number of aromatic amines is 1. The average Bonchev–Trinajstić information content (AvgIpc) is 2.95. The summed E-state index contributed by atoms with van der Waals surface area (Å²) in [4.78, 5) is 44.0. The van der Waals surface area contributed by atoms with Gasteiger partial charge in [-0.15, -0.1) is 11.3 Å². The third-order valence-corrected chi connectivity index (χ3v) is 5.04. The highest BCUT2D eigenvalue weighted by atomic mass is 32.1. The van der Waals surface area contributed by atoms with E-state index in [4.69, 9.17) is 4.74 Å². The number of H-pyrrole nitrogens is 1. The fourth-order valence-electron chi connectivity index (χ4n) is 2.64. The fourth-order valence-corrected chi connectivity index (χ4v) is 3.68. The van der Waals surface area contributed by atoms with Gasteiger partial charge in [-0.1, -0.05) is 18.2 Å². The molecule has 3 rings (SSSR count). The van der Waals surface area contributed by atoms with Crippen molar-refractivity contribution in [1.82, 2.24) is 9.97 Å². The highest BCUT2D eigenvalue weighted by molar-refractivity contribution is 7.20. The molecule has 0 aliphatic rings. The quantitative estimate of drug-likeness (QED) is 0.672. The van der Waals surface area contributed by atoms with Crippen LogP contribution in [0.2, 0.25) is 0 Å². The molecule has 0 fully saturated rings. The summed E-state index contributed by atoms with van der Waals surface area (Å²) in [7, 11) is 0. The van der Waals surface area contributed by atoms with Gasteiger partial charge in [0.1, 0.15) is 4.83 Å². The number of nitrogens with zero attached hydrogens (tertiary/aromatic N) is 1. The Kier molecular flexibility index (Phi) is 5.13. The maximum absolute atomic E-state index is 12.7. The number of amides is 1. The van der Waals surface area contributed by atoms with E-state index in [1.165, 1.54) is 6.33 Å². The molecule has 0 unspecified atom stereocenters. The summed E-state index contributed by atoms with van der Waals surface area (Å²) in [6.07, 6.45) is 1.38. The minimum absolute atomic E-state index is 0.0664. The van der Waals surface area contributed by atoms with Gasteiger partial charge < -0.3 is 15.0 Å². The Labute approximate surface area is 153 Å². The first-order chi connectivity index (χ1) is 12.5. The predicted octanol–water partition coefficient (Wildman–Crippen LogP) is 2.65. The number of carbonyl (C=O) groups is 2.